The van der Waals surface area contributed by atoms with Crippen molar-refractivity contribution in [3.05, 3.63) is 64.7 Å². The Balaban J connectivity index is 1.11. The zero-order valence-electron chi connectivity index (χ0n) is 14.5. The summed E-state index contributed by atoms with van der Waals surface area (Å²) in [7, 11) is 0. The fourth-order valence-corrected chi connectivity index (χ4v) is 93.0. The van der Waals surface area contributed by atoms with Gasteiger partial charge in [-0.1, -0.05) is 0 Å². The van der Waals surface area contributed by atoms with Crippen LogP contribution in [0.4, 0.5) is 5.69 Å². The summed E-state index contributed by atoms with van der Waals surface area (Å²) < 4.78 is 0.664. The van der Waals surface area contributed by atoms with E-state index < -0.39 is 6.51 Å². The summed E-state index contributed by atoms with van der Waals surface area (Å²) in [6, 6.07) is 16.2. The van der Waals surface area contributed by atoms with Gasteiger partial charge in [-0.15, -0.1) is 0 Å². The van der Waals surface area contributed by atoms with Crippen LogP contribution in [0.2, 0.25) is 48.4 Å². The first-order chi connectivity index (χ1) is 12.9. The molecule has 0 bridgehead atoms. The zero-order valence-corrected chi connectivity index (χ0v) is 16.3. The number of para-hydroxylation sites is 1. The molecule has 1 spiro atoms. The van der Waals surface area contributed by atoms with Crippen LogP contribution < -0.4 is 5.32 Å². The first-order valence-corrected chi connectivity index (χ1v) is 17.0. The van der Waals surface area contributed by atoms with Crippen LogP contribution in [0, 0.1) is 0 Å². The molecule has 4 unspecified atom stereocenters. The van der Waals surface area contributed by atoms with Gasteiger partial charge in [0.2, 0.25) is 0 Å². The molecular weight excluding hydrogens is 398 g/mol. The molecule has 2 aromatic rings. The van der Waals surface area contributed by atoms with Gasteiger partial charge in [-0.05, 0) is 0 Å². The second-order valence-electron chi connectivity index (χ2n) is 13.2. The van der Waals surface area contributed by atoms with Crippen molar-refractivity contribution in [1.82, 2.24) is 0 Å². The minimum absolute atomic E-state index is 0.0170. The second kappa shape index (κ2) is 1.37. The Labute approximate surface area is 152 Å². The second-order valence-corrected chi connectivity index (χ2v) is 37.2. The van der Waals surface area contributed by atoms with E-state index in [0.717, 1.165) is 5.69 Å². The first kappa shape index (κ1) is 11.7. The summed E-state index contributed by atoms with van der Waals surface area (Å²) >= 11 is 6.11. The fraction of sp³-hybridized carbons (Fsp3) is 0.435. The van der Waals surface area contributed by atoms with Crippen LogP contribution >= 0.6 is 11.6 Å². The molecule has 2 nitrogen and oxygen atoms in total. The Morgan fingerprint density at radius 2 is 1.56 bits per heavy atom. The number of halogens is 1. The number of rotatable bonds is 3. The van der Waals surface area contributed by atoms with E-state index in [4.69, 9.17) is 11.6 Å². The van der Waals surface area contributed by atoms with Gasteiger partial charge in [0.1, 0.15) is 0 Å². The van der Waals surface area contributed by atoms with Crippen molar-refractivity contribution in [2.45, 2.75) is 47.7 Å². The van der Waals surface area contributed by atoms with Gasteiger partial charge in [0.25, 0.3) is 0 Å². The van der Waals surface area contributed by atoms with Gasteiger partial charge in [0.05, 0.1) is 0 Å². The van der Waals surface area contributed by atoms with Gasteiger partial charge < -0.3 is 0 Å². The Morgan fingerprint density at radius 1 is 0.889 bits per heavy atom. The van der Waals surface area contributed by atoms with E-state index in [2.05, 4.69) is 29.6 Å². The van der Waals surface area contributed by atoms with E-state index in [1.807, 2.05) is 18.2 Å². The van der Waals surface area contributed by atoms with E-state index >= 15 is 0 Å². The first-order valence-electron chi connectivity index (χ1n) is 10.3. The summed E-state index contributed by atoms with van der Waals surface area (Å²) in [6.45, 7) is -3.23. The normalized spacial score (nSPS) is 78.9. The molecular formula is C23H18ClFeNO. The summed E-state index contributed by atoms with van der Waals surface area (Å²) in [6.07, 6.45) is 0. The molecule has 0 aliphatic carbocycles. The number of carbonyl (C=O) groups is 1. The fourth-order valence-electron chi connectivity index (χ4n) is 18.7. The predicted octanol–water partition coefficient (Wildman–Crippen LogP) is 6.39. The maximum atomic E-state index is 13.0. The molecule has 0 radical (unpaired) electrons. The van der Waals surface area contributed by atoms with Crippen molar-refractivity contribution in [3.8, 4) is 0 Å². The average Bonchev–Trinajstić information content (AvgIpc) is 3.61. The number of benzene rings is 2. The van der Waals surface area contributed by atoms with Gasteiger partial charge in [-0.25, -0.2) is 0 Å². The van der Waals surface area contributed by atoms with Gasteiger partial charge in [-0.2, -0.15) is 0 Å². The number of carbonyl (C=O) groups excluding carboxylic acids is 1. The molecule has 1 N–H and O–H groups in total. The Morgan fingerprint density at radius 3 is 2.11 bits per heavy atom. The zero-order chi connectivity index (χ0) is 17.3. The summed E-state index contributed by atoms with van der Waals surface area (Å²) in [5.74, 6) is -0.0170. The number of fused-ring (bicyclic) bond motifs is 10. The number of amides is 1. The third-order valence-corrected chi connectivity index (χ3v) is 59.9. The van der Waals surface area contributed by atoms with Crippen molar-refractivity contribution in [1.29, 1.82) is 0 Å². The van der Waals surface area contributed by atoms with Crippen molar-refractivity contribution >= 4 is 23.2 Å². The van der Waals surface area contributed by atoms with Crippen LogP contribution in [0.5, 0.6) is 0 Å². The number of nitrogens with one attached hydrogen (secondary N) is 1. The van der Waals surface area contributed by atoms with Crippen LogP contribution in [0.1, 0.15) is 15.9 Å². The number of anilines is 1. The number of hydrogen-bond acceptors (Lipinski definition) is 1. The van der Waals surface area contributed by atoms with Crippen LogP contribution in [0.3, 0.4) is 0 Å². The van der Waals surface area contributed by atoms with E-state index in [-0.39, 0.29) is 5.91 Å². The molecule has 10 saturated heterocycles. The molecule has 2 aromatic carbocycles. The van der Waals surface area contributed by atoms with E-state index in [9.17, 15) is 4.79 Å². The van der Waals surface area contributed by atoms with Gasteiger partial charge >= 0.3 is 152 Å². The molecule has 0 saturated carbocycles. The van der Waals surface area contributed by atoms with E-state index in [0.29, 0.717) is 14.9 Å². The van der Waals surface area contributed by atoms with Gasteiger partial charge in [-0.3, -0.25) is 0 Å². The van der Waals surface area contributed by atoms with Crippen molar-refractivity contribution in [2.75, 3.05) is 5.32 Å². The summed E-state index contributed by atoms with van der Waals surface area (Å²) in [4.78, 5) is 24.5. The molecule has 10 aliphatic rings. The van der Waals surface area contributed by atoms with E-state index in [1.165, 1.54) is 43.3 Å². The van der Waals surface area contributed by atoms with Crippen LogP contribution in [0.25, 0.3) is 0 Å². The predicted molar refractivity (Wildman–Crippen MR) is 101 cm³/mol. The average molecular weight is 416 g/mol. The molecule has 4 heteroatoms. The van der Waals surface area contributed by atoms with Crippen molar-refractivity contribution in [2.24, 2.45) is 0 Å². The summed E-state index contributed by atoms with van der Waals surface area (Å²) in [5.41, 5.74) is 3.37. The molecule has 4 atom stereocenters. The van der Waals surface area contributed by atoms with Crippen LogP contribution in [-0.2, 0) is 10.8 Å². The molecule has 10 fully saturated rings. The molecule has 10 heterocycles. The standard InChI is InChI=1S/C18H13ClNO.C5H5.Fe/c19-15-9-5-8-14(12-15)18(21)20-17-11-4-3-10-16(17)13-6-1-2-7-13;1-2-4-5-3-1;/h1-12H,(H,20,21);1-5H;. The minimum atomic E-state index is -3.23. The van der Waals surface area contributed by atoms with Gasteiger partial charge in [0, 0.05) is 0 Å². The molecule has 0 aromatic heterocycles. The summed E-state index contributed by atoms with van der Waals surface area (Å²) in [5, 5.41) is 3.93. The Hall–Kier alpha value is -1.28. The third-order valence-electron chi connectivity index (χ3n) is 17.4. The monoisotopic (exact) mass is 415 g/mol. The SMILES string of the molecule is O=C(Nc1ccccc1[C]12[CH]3[CH]4[CH]5[CH]1[Fe]45321678[CH]2[CH]1[CH]6[CH]7[CH]28)c1cccc(Cl)c1. The van der Waals surface area contributed by atoms with E-state index in [1.54, 1.807) is 11.6 Å². The number of hydrogen-bond donors (Lipinski definition) is 1. The third kappa shape index (κ3) is 0.210. The van der Waals surface area contributed by atoms with Gasteiger partial charge in [0.15, 0.2) is 0 Å². The topological polar surface area (TPSA) is 29.1 Å². The van der Waals surface area contributed by atoms with Crippen LogP contribution in [0.15, 0.2) is 48.5 Å². The quantitative estimate of drug-likeness (QED) is 0.578. The molecule has 1 amide bonds. The van der Waals surface area contributed by atoms with Crippen molar-refractivity contribution < 1.29 is 11.3 Å². The van der Waals surface area contributed by atoms with Crippen molar-refractivity contribution in [3.63, 3.8) is 0 Å². The molecule has 27 heavy (non-hydrogen) atoms. The Bertz CT molecular complexity index is 1550. The maximum absolute atomic E-state index is 13.0. The molecule has 10 aliphatic heterocycles. The molecule has 136 valence electrons. The van der Waals surface area contributed by atoms with Crippen LogP contribution in [-0.4, -0.2) is 5.91 Å². The Kier molecular flexibility index (Phi) is 0.592. The molecule has 12 rings (SSSR count).